The van der Waals surface area contributed by atoms with Crippen LogP contribution in [0, 0.1) is 0 Å². The number of aryl methyl sites for hydroxylation is 1. The summed E-state index contributed by atoms with van der Waals surface area (Å²) >= 11 is 12.0. The molecule has 94 valence electrons. The molecule has 4 heteroatoms. The molecule has 2 rings (SSSR count). The Hall–Kier alpha value is -0.280. The van der Waals surface area contributed by atoms with Crippen LogP contribution in [0.2, 0.25) is 10.0 Å². The summed E-state index contributed by atoms with van der Waals surface area (Å²) in [6.07, 6.45) is 1.34. The van der Waals surface area contributed by atoms with Crippen LogP contribution < -0.4 is 5.32 Å². The summed E-state index contributed by atoms with van der Waals surface area (Å²) in [5.41, 5.74) is 2.01. The van der Waals surface area contributed by atoms with Gasteiger partial charge in [-0.2, -0.15) is 0 Å². The minimum Gasteiger partial charge on any atom is -0.387 e. The van der Waals surface area contributed by atoms with Gasteiger partial charge >= 0.3 is 0 Å². The summed E-state index contributed by atoms with van der Waals surface area (Å²) in [5, 5.41) is 14.8. The van der Waals surface area contributed by atoms with Crippen molar-refractivity contribution in [2.45, 2.75) is 44.9 Å². The minimum atomic E-state index is -0.504. The Balaban J connectivity index is 2.28. The largest absolute Gasteiger partial charge is 0.387 e. The summed E-state index contributed by atoms with van der Waals surface area (Å²) in [6, 6.07) is 4.12. The minimum absolute atomic E-state index is 0.0970. The van der Waals surface area contributed by atoms with E-state index >= 15 is 0 Å². The molecular formula is C13H17Cl2NO. The molecule has 1 aliphatic rings. The first-order chi connectivity index (χ1) is 7.99. The normalized spacial score (nSPS) is 23.9. The van der Waals surface area contributed by atoms with Crippen LogP contribution in [0.5, 0.6) is 0 Å². The van der Waals surface area contributed by atoms with Crippen LogP contribution in [0.4, 0.5) is 0 Å². The molecular weight excluding hydrogens is 257 g/mol. The second kappa shape index (κ2) is 5.15. The molecule has 0 radical (unpaired) electrons. The number of aliphatic hydroxyl groups excluding tert-OH is 1. The van der Waals surface area contributed by atoms with E-state index in [9.17, 15) is 5.11 Å². The van der Waals surface area contributed by atoms with Crippen LogP contribution >= 0.6 is 23.2 Å². The third-order valence-corrected chi connectivity index (χ3v) is 3.88. The van der Waals surface area contributed by atoms with E-state index in [2.05, 4.69) is 19.2 Å². The van der Waals surface area contributed by atoms with Crippen molar-refractivity contribution < 1.29 is 5.11 Å². The van der Waals surface area contributed by atoms with Crippen molar-refractivity contribution in [3.63, 3.8) is 0 Å². The summed E-state index contributed by atoms with van der Waals surface area (Å²) in [4.78, 5) is 0. The van der Waals surface area contributed by atoms with Gasteiger partial charge in [0.2, 0.25) is 0 Å². The highest BCUT2D eigenvalue weighted by Crippen LogP contribution is 2.35. The van der Waals surface area contributed by atoms with E-state index in [-0.39, 0.29) is 6.04 Å². The van der Waals surface area contributed by atoms with Crippen LogP contribution in [0.15, 0.2) is 12.1 Å². The second-order valence-corrected chi connectivity index (χ2v) is 5.69. The molecule has 0 bridgehead atoms. The first kappa shape index (κ1) is 13.2. The molecule has 2 nitrogen and oxygen atoms in total. The highest BCUT2D eigenvalue weighted by Gasteiger charge is 2.28. The molecule has 2 N–H and O–H groups in total. The number of hydrogen-bond acceptors (Lipinski definition) is 2. The van der Waals surface area contributed by atoms with Crippen molar-refractivity contribution >= 4 is 23.2 Å². The van der Waals surface area contributed by atoms with E-state index in [0.29, 0.717) is 16.1 Å². The molecule has 1 aliphatic carbocycles. The molecule has 1 aromatic rings. The predicted octanol–water partition coefficient (Wildman–Crippen LogP) is 3.34. The fraction of sp³-hybridized carbons (Fsp3) is 0.538. The highest BCUT2D eigenvalue weighted by molar-refractivity contribution is 6.42. The predicted molar refractivity (Wildman–Crippen MR) is 71.8 cm³/mol. The topological polar surface area (TPSA) is 32.3 Å². The van der Waals surface area contributed by atoms with E-state index in [1.807, 2.05) is 6.07 Å². The lowest BCUT2D eigenvalue weighted by Gasteiger charge is -2.32. The van der Waals surface area contributed by atoms with Crippen molar-refractivity contribution in [3.8, 4) is 0 Å². The number of hydrogen-bond donors (Lipinski definition) is 2. The maximum absolute atomic E-state index is 10.3. The average molecular weight is 274 g/mol. The van der Waals surface area contributed by atoms with Gasteiger partial charge in [-0.05, 0) is 36.1 Å². The van der Waals surface area contributed by atoms with Crippen LogP contribution in [-0.4, -0.2) is 17.2 Å². The van der Waals surface area contributed by atoms with Gasteiger partial charge in [0.1, 0.15) is 0 Å². The Morgan fingerprint density at radius 1 is 1.29 bits per heavy atom. The summed E-state index contributed by atoms with van der Waals surface area (Å²) in [5.74, 6) is 0. The molecule has 0 saturated carbocycles. The molecule has 0 spiro atoms. The lowest BCUT2D eigenvalue weighted by atomic mass is 9.85. The molecule has 0 aromatic heterocycles. The smallest absolute Gasteiger partial charge is 0.0946 e. The third kappa shape index (κ3) is 2.76. The van der Waals surface area contributed by atoms with Gasteiger partial charge in [0.15, 0.2) is 0 Å². The molecule has 2 atom stereocenters. The SMILES string of the molecule is CC(C)N[C@@H]1CCc2cc(Cl)c(Cl)cc2[C@H]1O. The summed E-state index contributed by atoms with van der Waals surface area (Å²) < 4.78 is 0. The number of rotatable bonds is 2. The second-order valence-electron chi connectivity index (χ2n) is 4.88. The van der Waals surface area contributed by atoms with Crippen LogP contribution in [0.3, 0.4) is 0 Å². The van der Waals surface area contributed by atoms with E-state index < -0.39 is 6.10 Å². The Labute approximate surface area is 112 Å². The zero-order valence-electron chi connectivity index (χ0n) is 10.0. The lowest BCUT2D eigenvalue weighted by Crippen LogP contribution is -2.41. The lowest BCUT2D eigenvalue weighted by molar-refractivity contribution is 0.110. The average Bonchev–Trinajstić information content (AvgIpc) is 2.25. The maximum Gasteiger partial charge on any atom is 0.0946 e. The first-order valence-electron chi connectivity index (χ1n) is 5.91. The number of aliphatic hydroxyl groups is 1. The van der Waals surface area contributed by atoms with Crippen LogP contribution in [0.1, 0.15) is 37.5 Å². The van der Waals surface area contributed by atoms with Crippen molar-refractivity contribution in [2.24, 2.45) is 0 Å². The van der Waals surface area contributed by atoms with Gasteiger partial charge in [-0.1, -0.05) is 37.0 Å². The fourth-order valence-electron chi connectivity index (χ4n) is 2.38. The quantitative estimate of drug-likeness (QED) is 0.867. The van der Waals surface area contributed by atoms with E-state index in [0.717, 1.165) is 24.0 Å². The summed E-state index contributed by atoms with van der Waals surface area (Å²) in [7, 11) is 0. The van der Waals surface area contributed by atoms with Gasteiger partial charge in [0.25, 0.3) is 0 Å². The van der Waals surface area contributed by atoms with Crippen LogP contribution in [0.25, 0.3) is 0 Å². The third-order valence-electron chi connectivity index (χ3n) is 3.15. The van der Waals surface area contributed by atoms with Gasteiger partial charge in [-0.3, -0.25) is 0 Å². The Bertz CT molecular complexity index is 420. The van der Waals surface area contributed by atoms with Crippen molar-refractivity contribution in [3.05, 3.63) is 33.3 Å². The van der Waals surface area contributed by atoms with Crippen molar-refractivity contribution in [2.75, 3.05) is 0 Å². The molecule has 0 fully saturated rings. The monoisotopic (exact) mass is 273 g/mol. The molecule has 0 heterocycles. The van der Waals surface area contributed by atoms with Gasteiger partial charge in [0, 0.05) is 12.1 Å². The number of benzene rings is 1. The van der Waals surface area contributed by atoms with Gasteiger partial charge in [-0.25, -0.2) is 0 Å². The zero-order valence-corrected chi connectivity index (χ0v) is 11.5. The van der Waals surface area contributed by atoms with Crippen LogP contribution in [-0.2, 0) is 6.42 Å². The Kier molecular flexibility index (Phi) is 3.99. The molecule has 17 heavy (non-hydrogen) atoms. The number of fused-ring (bicyclic) bond motifs is 1. The fourth-order valence-corrected chi connectivity index (χ4v) is 2.74. The first-order valence-corrected chi connectivity index (χ1v) is 6.66. The van der Waals surface area contributed by atoms with E-state index in [4.69, 9.17) is 23.2 Å². The standard InChI is InChI=1S/C13H17Cl2NO/c1-7(2)16-12-4-3-8-5-10(14)11(15)6-9(8)13(12)17/h5-7,12-13,16-17H,3-4H2,1-2H3/t12-,13-/m1/s1. The molecule has 1 aromatic carbocycles. The molecule has 0 aliphatic heterocycles. The van der Waals surface area contributed by atoms with E-state index in [1.165, 1.54) is 0 Å². The Morgan fingerprint density at radius 3 is 2.59 bits per heavy atom. The molecule has 0 amide bonds. The van der Waals surface area contributed by atoms with Gasteiger partial charge < -0.3 is 10.4 Å². The highest BCUT2D eigenvalue weighted by atomic mass is 35.5. The van der Waals surface area contributed by atoms with Gasteiger partial charge in [0.05, 0.1) is 16.1 Å². The molecule has 0 unspecified atom stereocenters. The summed E-state index contributed by atoms with van der Waals surface area (Å²) in [6.45, 7) is 4.16. The van der Waals surface area contributed by atoms with E-state index in [1.54, 1.807) is 6.07 Å². The molecule has 0 saturated heterocycles. The van der Waals surface area contributed by atoms with Crippen molar-refractivity contribution in [1.82, 2.24) is 5.32 Å². The Morgan fingerprint density at radius 2 is 1.94 bits per heavy atom. The maximum atomic E-state index is 10.3. The van der Waals surface area contributed by atoms with Crippen molar-refractivity contribution in [1.29, 1.82) is 0 Å². The number of nitrogens with one attached hydrogen (secondary N) is 1. The van der Waals surface area contributed by atoms with Gasteiger partial charge in [-0.15, -0.1) is 0 Å². The number of halogens is 2. The zero-order chi connectivity index (χ0) is 12.6.